The van der Waals surface area contributed by atoms with E-state index in [1.54, 1.807) is 6.20 Å². The average Bonchev–Trinajstić information content (AvgIpc) is 3.23. The second-order valence-electron chi connectivity index (χ2n) is 7.92. The first-order chi connectivity index (χ1) is 15.8. The van der Waals surface area contributed by atoms with Gasteiger partial charge in [-0.05, 0) is 42.0 Å². The van der Waals surface area contributed by atoms with Gasteiger partial charge in [0, 0.05) is 55.5 Å². The van der Waals surface area contributed by atoms with E-state index < -0.39 is 6.36 Å². The summed E-state index contributed by atoms with van der Waals surface area (Å²) in [7, 11) is 0. The van der Waals surface area contributed by atoms with Crippen LogP contribution in [0.1, 0.15) is 31.2 Å². The van der Waals surface area contributed by atoms with Gasteiger partial charge in [-0.1, -0.05) is 24.6 Å². The lowest BCUT2D eigenvalue weighted by atomic mass is 10.1. The summed E-state index contributed by atoms with van der Waals surface area (Å²) in [6.07, 6.45) is 1.53. The number of imidazole rings is 1. The zero-order valence-corrected chi connectivity index (χ0v) is 18.9. The van der Waals surface area contributed by atoms with Gasteiger partial charge in [-0.3, -0.25) is 0 Å². The fraction of sp³-hybridized carbons (Fsp3) is 0.375. The number of halogens is 4. The van der Waals surface area contributed by atoms with E-state index in [2.05, 4.69) is 38.2 Å². The van der Waals surface area contributed by atoms with Crippen LogP contribution in [0, 0.1) is 0 Å². The number of hydrogen-bond donors (Lipinski definition) is 0. The molecule has 33 heavy (non-hydrogen) atoms. The molecule has 5 nitrogen and oxygen atoms in total. The summed E-state index contributed by atoms with van der Waals surface area (Å²) in [5, 5.41) is 0.725. The Labute approximate surface area is 195 Å². The number of rotatable bonds is 7. The Balaban J connectivity index is 1.31. The Morgan fingerprint density at radius 2 is 1.76 bits per heavy atom. The van der Waals surface area contributed by atoms with Crippen molar-refractivity contribution in [2.45, 2.75) is 45.2 Å². The lowest BCUT2D eigenvalue weighted by Crippen LogP contribution is -2.38. The molecule has 0 unspecified atom stereocenters. The number of aryl methyl sites for hydroxylation is 1. The maximum Gasteiger partial charge on any atom is 0.573 e. The molecule has 1 aromatic heterocycles. The van der Waals surface area contributed by atoms with Gasteiger partial charge >= 0.3 is 6.36 Å². The van der Waals surface area contributed by atoms with Gasteiger partial charge in [0.1, 0.15) is 23.4 Å². The molecule has 0 bridgehead atoms. The van der Waals surface area contributed by atoms with E-state index in [0.29, 0.717) is 12.3 Å². The predicted octanol–water partition coefficient (Wildman–Crippen LogP) is 6.09. The first-order valence-corrected chi connectivity index (χ1v) is 11.2. The molecular formula is C24H25ClF3N3O2. The molecule has 0 saturated carbocycles. The second kappa shape index (κ2) is 9.95. The van der Waals surface area contributed by atoms with Gasteiger partial charge in [-0.2, -0.15) is 0 Å². The molecule has 0 N–H and O–H groups in total. The fourth-order valence-electron chi connectivity index (χ4n) is 3.99. The lowest BCUT2D eigenvalue weighted by molar-refractivity contribution is -0.274. The first kappa shape index (κ1) is 23.3. The topological polar surface area (TPSA) is 39.5 Å². The van der Waals surface area contributed by atoms with Crippen LogP contribution in [0.25, 0.3) is 0 Å². The van der Waals surface area contributed by atoms with Crippen LogP contribution in [0.4, 0.5) is 18.9 Å². The summed E-state index contributed by atoms with van der Waals surface area (Å²) in [5.74, 6) is 1.30. The first-order valence-electron chi connectivity index (χ1n) is 10.9. The van der Waals surface area contributed by atoms with E-state index in [1.165, 1.54) is 24.3 Å². The van der Waals surface area contributed by atoms with Crippen molar-refractivity contribution in [3.63, 3.8) is 0 Å². The average molecular weight is 480 g/mol. The van der Waals surface area contributed by atoms with Crippen molar-refractivity contribution < 1.29 is 22.6 Å². The zero-order chi connectivity index (χ0) is 23.4. The molecule has 4 rings (SSSR count). The van der Waals surface area contributed by atoms with Gasteiger partial charge in [0.25, 0.3) is 0 Å². The Bertz CT molecular complexity index is 1060. The number of aromatic nitrogens is 2. The summed E-state index contributed by atoms with van der Waals surface area (Å²) >= 11 is 6.58. The predicted molar refractivity (Wildman–Crippen MR) is 121 cm³/mol. The van der Waals surface area contributed by atoms with Gasteiger partial charge in [0.05, 0.1) is 6.54 Å². The molecule has 1 saturated heterocycles. The van der Waals surface area contributed by atoms with Crippen molar-refractivity contribution in [3.05, 3.63) is 71.3 Å². The van der Waals surface area contributed by atoms with Crippen molar-refractivity contribution in [2.24, 2.45) is 0 Å². The lowest BCUT2D eigenvalue weighted by Gasteiger charge is -2.34. The van der Waals surface area contributed by atoms with E-state index in [4.69, 9.17) is 16.3 Å². The molecule has 0 atom stereocenters. The number of piperidine rings is 1. The normalized spacial score (nSPS) is 15.0. The molecule has 1 fully saturated rings. The molecule has 2 aromatic carbocycles. The third-order valence-corrected chi connectivity index (χ3v) is 6.01. The van der Waals surface area contributed by atoms with Crippen LogP contribution < -0.4 is 14.4 Å². The van der Waals surface area contributed by atoms with E-state index >= 15 is 0 Å². The van der Waals surface area contributed by atoms with Crippen molar-refractivity contribution in [1.29, 1.82) is 0 Å². The summed E-state index contributed by atoms with van der Waals surface area (Å²) in [6.45, 7) is 4.37. The SMILES string of the molecule is CCc1nccn1Cc1ccc(N2CCC(Oc3ccc(OC(F)(F)F)cc3)CC2)cc1Cl. The minimum Gasteiger partial charge on any atom is -0.490 e. The van der Waals surface area contributed by atoms with Gasteiger partial charge in [0.2, 0.25) is 0 Å². The highest BCUT2D eigenvalue weighted by Crippen LogP contribution is 2.29. The highest BCUT2D eigenvalue weighted by atomic mass is 35.5. The Morgan fingerprint density at radius 3 is 2.39 bits per heavy atom. The Hall–Kier alpha value is -2.87. The molecule has 0 radical (unpaired) electrons. The molecular weight excluding hydrogens is 455 g/mol. The summed E-state index contributed by atoms with van der Waals surface area (Å²) in [6, 6.07) is 11.7. The smallest absolute Gasteiger partial charge is 0.490 e. The maximum absolute atomic E-state index is 12.3. The van der Waals surface area contributed by atoms with Gasteiger partial charge < -0.3 is 18.9 Å². The minimum absolute atomic E-state index is 0.000847. The van der Waals surface area contributed by atoms with Crippen molar-refractivity contribution >= 4 is 17.3 Å². The molecule has 1 aliphatic rings. The van der Waals surface area contributed by atoms with Gasteiger partial charge in [0.15, 0.2) is 0 Å². The molecule has 0 aliphatic carbocycles. The van der Waals surface area contributed by atoms with Crippen LogP contribution in [-0.4, -0.2) is 35.1 Å². The molecule has 1 aliphatic heterocycles. The van der Waals surface area contributed by atoms with Crippen LogP contribution in [0.2, 0.25) is 5.02 Å². The number of anilines is 1. The third-order valence-electron chi connectivity index (χ3n) is 5.66. The zero-order valence-electron chi connectivity index (χ0n) is 18.2. The van der Waals surface area contributed by atoms with Crippen LogP contribution in [-0.2, 0) is 13.0 Å². The maximum atomic E-state index is 12.3. The number of alkyl halides is 3. The Kier molecular flexibility index (Phi) is 7.02. The highest BCUT2D eigenvalue weighted by molar-refractivity contribution is 6.31. The molecule has 2 heterocycles. The van der Waals surface area contributed by atoms with Crippen molar-refractivity contribution in [3.8, 4) is 11.5 Å². The quantitative estimate of drug-likeness (QED) is 0.411. The van der Waals surface area contributed by atoms with Crippen LogP contribution in [0.5, 0.6) is 11.5 Å². The third kappa shape index (κ3) is 6.13. The van der Waals surface area contributed by atoms with Crippen LogP contribution in [0.15, 0.2) is 54.9 Å². The van der Waals surface area contributed by atoms with Crippen LogP contribution in [0.3, 0.4) is 0 Å². The summed E-state index contributed by atoms with van der Waals surface area (Å²) in [5.41, 5.74) is 2.11. The van der Waals surface area contributed by atoms with E-state index in [-0.39, 0.29) is 11.9 Å². The largest absolute Gasteiger partial charge is 0.573 e. The molecule has 9 heteroatoms. The molecule has 3 aromatic rings. The van der Waals surface area contributed by atoms with E-state index in [0.717, 1.165) is 54.4 Å². The van der Waals surface area contributed by atoms with Gasteiger partial charge in [-0.15, -0.1) is 13.2 Å². The standard InChI is InChI=1S/C24H25ClF3N3O2/c1-2-23-29-11-14-31(23)16-17-3-4-18(15-22(17)25)30-12-9-20(10-13-30)32-19-5-7-21(8-6-19)33-24(26,27)28/h3-8,11,14-15,20H,2,9-10,12-13,16H2,1H3. The molecule has 0 amide bonds. The van der Waals surface area contributed by atoms with Crippen molar-refractivity contribution in [2.75, 3.05) is 18.0 Å². The van der Waals surface area contributed by atoms with E-state index in [9.17, 15) is 13.2 Å². The number of ether oxygens (including phenoxy) is 2. The molecule has 0 spiro atoms. The fourth-order valence-corrected chi connectivity index (χ4v) is 4.22. The number of benzene rings is 2. The number of hydrogen-bond acceptors (Lipinski definition) is 4. The summed E-state index contributed by atoms with van der Waals surface area (Å²) < 4.78 is 48.8. The number of nitrogens with zero attached hydrogens (tertiary/aromatic N) is 3. The molecule has 176 valence electrons. The summed E-state index contributed by atoms with van der Waals surface area (Å²) in [4.78, 5) is 6.62. The van der Waals surface area contributed by atoms with Gasteiger partial charge in [-0.25, -0.2) is 4.98 Å². The van der Waals surface area contributed by atoms with Crippen molar-refractivity contribution in [1.82, 2.24) is 9.55 Å². The minimum atomic E-state index is -4.70. The Morgan fingerprint density at radius 1 is 1.06 bits per heavy atom. The monoisotopic (exact) mass is 479 g/mol. The highest BCUT2D eigenvalue weighted by Gasteiger charge is 2.31. The van der Waals surface area contributed by atoms with E-state index in [1.807, 2.05) is 12.3 Å². The van der Waals surface area contributed by atoms with Crippen LogP contribution >= 0.6 is 11.6 Å². The second-order valence-corrected chi connectivity index (χ2v) is 8.33.